The van der Waals surface area contributed by atoms with E-state index in [1.54, 1.807) is 25.6 Å². The summed E-state index contributed by atoms with van der Waals surface area (Å²) in [7, 11) is 1.66. The molecule has 4 rings (SSSR count). The first kappa shape index (κ1) is 23.6. The predicted octanol–water partition coefficient (Wildman–Crippen LogP) is 4.48. The highest BCUT2D eigenvalue weighted by Crippen LogP contribution is 2.41. The molecule has 1 aliphatic rings. The molecule has 10 heteroatoms. The van der Waals surface area contributed by atoms with Crippen molar-refractivity contribution >= 4 is 17.6 Å². The Morgan fingerprint density at radius 2 is 1.97 bits per heavy atom. The molecular weight excluding hydrogens is 432 g/mol. The predicted molar refractivity (Wildman–Crippen MR) is 130 cm³/mol. The van der Waals surface area contributed by atoms with Gasteiger partial charge in [0.2, 0.25) is 0 Å². The van der Waals surface area contributed by atoms with Crippen LogP contribution in [0.3, 0.4) is 0 Å². The number of carbonyl (C=O) groups excluding carboxylic acids is 1. The first-order chi connectivity index (χ1) is 16.0. The molecule has 3 aromatic rings. The van der Waals surface area contributed by atoms with Gasteiger partial charge in [0.25, 0.3) is 0 Å². The molecule has 0 spiro atoms. The molecule has 0 unspecified atom stereocenters. The van der Waals surface area contributed by atoms with Gasteiger partial charge in [0.1, 0.15) is 17.1 Å². The SMILES string of the molecule is CC[C@@H]1c2nnc(C)n2-c2cnc(-c3ccncc3N(C)C(=O)OC(C)(C)C)nc2N1C(C)C. The largest absolute Gasteiger partial charge is 0.443 e. The van der Waals surface area contributed by atoms with Gasteiger partial charge in [-0.2, -0.15) is 0 Å². The van der Waals surface area contributed by atoms with Gasteiger partial charge in [0.15, 0.2) is 17.5 Å². The molecule has 0 saturated heterocycles. The van der Waals surface area contributed by atoms with Gasteiger partial charge in [0.05, 0.1) is 24.1 Å². The zero-order chi connectivity index (χ0) is 24.8. The van der Waals surface area contributed by atoms with Crippen LogP contribution in [0.1, 0.15) is 65.7 Å². The number of rotatable bonds is 4. The summed E-state index contributed by atoms with van der Waals surface area (Å²) in [5.41, 5.74) is 1.49. The highest BCUT2D eigenvalue weighted by Gasteiger charge is 2.36. The lowest BCUT2D eigenvalue weighted by Crippen LogP contribution is -2.40. The highest BCUT2D eigenvalue weighted by molar-refractivity contribution is 5.92. The molecule has 1 aliphatic heterocycles. The molecule has 0 saturated carbocycles. The first-order valence-electron chi connectivity index (χ1n) is 11.5. The molecule has 10 nitrogen and oxygen atoms in total. The maximum absolute atomic E-state index is 12.8. The lowest BCUT2D eigenvalue weighted by molar-refractivity contribution is 0.0589. The summed E-state index contributed by atoms with van der Waals surface area (Å²) in [6.45, 7) is 13.9. The van der Waals surface area contributed by atoms with E-state index in [4.69, 9.17) is 9.72 Å². The number of fused-ring (bicyclic) bond motifs is 3. The third kappa shape index (κ3) is 4.08. The van der Waals surface area contributed by atoms with Crippen LogP contribution < -0.4 is 9.80 Å². The lowest BCUT2D eigenvalue weighted by Gasteiger charge is -2.39. The van der Waals surface area contributed by atoms with Crippen molar-refractivity contribution in [2.75, 3.05) is 16.8 Å². The average molecular weight is 465 g/mol. The number of hydrogen-bond donors (Lipinski definition) is 0. The number of amides is 1. The summed E-state index contributed by atoms with van der Waals surface area (Å²) < 4.78 is 7.58. The summed E-state index contributed by atoms with van der Waals surface area (Å²) in [4.78, 5) is 30.4. The fourth-order valence-electron chi connectivity index (χ4n) is 4.26. The molecule has 3 aromatic heterocycles. The van der Waals surface area contributed by atoms with Gasteiger partial charge >= 0.3 is 6.09 Å². The Balaban J connectivity index is 1.84. The van der Waals surface area contributed by atoms with Gasteiger partial charge in [-0.15, -0.1) is 10.2 Å². The van der Waals surface area contributed by atoms with Gasteiger partial charge in [-0.3, -0.25) is 14.5 Å². The molecule has 0 aromatic carbocycles. The van der Waals surface area contributed by atoms with Crippen LogP contribution in [-0.4, -0.2) is 54.5 Å². The smallest absolute Gasteiger partial charge is 0.414 e. The second-order valence-electron chi connectivity index (χ2n) is 9.70. The number of hydrogen-bond acceptors (Lipinski definition) is 8. The fourth-order valence-corrected chi connectivity index (χ4v) is 4.26. The number of aryl methyl sites for hydroxylation is 1. The maximum Gasteiger partial charge on any atom is 0.414 e. The number of carbonyl (C=O) groups is 1. The third-order valence-electron chi connectivity index (χ3n) is 5.73. The van der Waals surface area contributed by atoms with Crippen LogP contribution in [0.25, 0.3) is 17.1 Å². The van der Waals surface area contributed by atoms with Crippen LogP contribution in [0, 0.1) is 6.92 Å². The minimum Gasteiger partial charge on any atom is -0.443 e. The van der Waals surface area contributed by atoms with Crippen molar-refractivity contribution in [2.24, 2.45) is 0 Å². The minimum absolute atomic E-state index is 0.0396. The number of anilines is 2. The normalized spacial score (nSPS) is 15.2. The average Bonchev–Trinajstić information content (AvgIpc) is 3.17. The van der Waals surface area contributed by atoms with Crippen LogP contribution in [0.4, 0.5) is 16.3 Å². The van der Waals surface area contributed by atoms with E-state index in [-0.39, 0.29) is 12.1 Å². The zero-order valence-corrected chi connectivity index (χ0v) is 21.1. The highest BCUT2D eigenvalue weighted by atomic mass is 16.6. The number of pyridine rings is 1. The molecule has 34 heavy (non-hydrogen) atoms. The molecule has 0 bridgehead atoms. The van der Waals surface area contributed by atoms with E-state index < -0.39 is 11.7 Å². The van der Waals surface area contributed by atoms with Crippen LogP contribution in [-0.2, 0) is 4.74 Å². The molecule has 180 valence electrons. The number of ether oxygens (including phenoxy) is 1. The Morgan fingerprint density at radius 3 is 2.62 bits per heavy atom. The van der Waals surface area contributed by atoms with E-state index in [1.807, 2.05) is 38.3 Å². The van der Waals surface area contributed by atoms with Crippen molar-refractivity contribution in [3.63, 3.8) is 0 Å². The van der Waals surface area contributed by atoms with Crippen LogP contribution >= 0.6 is 0 Å². The lowest BCUT2D eigenvalue weighted by atomic mass is 10.1. The summed E-state index contributed by atoms with van der Waals surface area (Å²) in [5, 5.41) is 8.78. The molecule has 1 atom stereocenters. The van der Waals surface area contributed by atoms with Gasteiger partial charge < -0.3 is 9.64 Å². The summed E-state index contributed by atoms with van der Waals surface area (Å²) >= 11 is 0. The Labute approximate surface area is 200 Å². The minimum atomic E-state index is -0.614. The Bertz CT molecular complexity index is 1210. The Hall–Kier alpha value is -3.56. The van der Waals surface area contributed by atoms with Crippen molar-refractivity contribution in [3.05, 3.63) is 36.3 Å². The van der Waals surface area contributed by atoms with Gasteiger partial charge in [-0.05, 0) is 54.0 Å². The van der Waals surface area contributed by atoms with Crippen LogP contribution in [0.2, 0.25) is 0 Å². The quantitative estimate of drug-likeness (QED) is 0.557. The van der Waals surface area contributed by atoms with E-state index in [0.717, 1.165) is 29.6 Å². The van der Waals surface area contributed by atoms with Crippen molar-refractivity contribution in [1.82, 2.24) is 29.7 Å². The summed E-state index contributed by atoms with van der Waals surface area (Å²) in [6.07, 6.45) is 5.48. The molecule has 0 radical (unpaired) electrons. The standard InChI is InChI=1S/C24H32N8O2/c1-9-17-22-29-28-15(4)32(22)19-13-26-20(27-21(19)31(17)14(2)3)16-10-11-25-12-18(16)30(8)23(33)34-24(5,6)7/h10-14,17H,9H2,1-8H3/t17-/m1/s1. The van der Waals surface area contributed by atoms with E-state index >= 15 is 0 Å². The van der Waals surface area contributed by atoms with Crippen molar-refractivity contribution in [3.8, 4) is 17.1 Å². The van der Waals surface area contributed by atoms with Crippen molar-refractivity contribution in [2.45, 2.75) is 72.6 Å². The molecule has 0 aliphatic carbocycles. The number of nitrogens with zero attached hydrogens (tertiary/aromatic N) is 8. The number of aromatic nitrogens is 6. The third-order valence-corrected chi connectivity index (χ3v) is 5.73. The first-order valence-corrected chi connectivity index (χ1v) is 11.5. The van der Waals surface area contributed by atoms with Gasteiger partial charge in [-0.1, -0.05) is 6.92 Å². The zero-order valence-electron chi connectivity index (χ0n) is 21.1. The molecule has 0 N–H and O–H groups in total. The molecule has 0 fully saturated rings. The molecule has 1 amide bonds. The van der Waals surface area contributed by atoms with E-state index in [9.17, 15) is 4.79 Å². The Kier molecular flexibility index (Phi) is 6.01. The monoisotopic (exact) mass is 464 g/mol. The van der Waals surface area contributed by atoms with Gasteiger partial charge in [-0.25, -0.2) is 14.8 Å². The topological polar surface area (TPSA) is 102 Å². The van der Waals surface area contributed by atoms with E-state index in [1.165, 1.54) is 4.90 Å². The van der Waals surface area contributed by atoms with Crippen molar-refractivity contribution in [1.29, 1.82) is 0 Å². The fraction of sp³-hybridized carbons (Fsp3) is 0.500. The summed E-state index contributed by atoms with van der Waals surface area (Å²) in [5.74, 6) is 3.00. The Morgan fingerprint density at radius 1 is 1.24 bits per heavy atom. The van der Waals surface area contributed by atoms with Crippen LogP contribution in [0.15, 0.2) is 24.7 Å². The van der Waals surface area contributed by atoms with Crippen molar-refractivity contribution < 1.29 is 9.53 Å². The summed E-state index contributed by atoms with van der Waals surface area (Å²) in [6, 6.07) is 2.03. The molecular formula is C24H32N8O2. The van der Waals surface area contributed by atoms with Gasteiger partial charge in [0, 0.05) is 24.8 Å². The molecule has 4 heterocycles. The van der Waals surface area contributed by atoms with E-state index in [2.05, 4.69) is 45.8 Å². The van der Waals surface area contributed by atoms with Crippen LogP contribution in [0.5, 0.6) is 0 Å². The van der Waals surface area contributed by atoms with E-state index in [0.29, 0.717) is 17.1 Å². The maximum atomic E-state index is 12.8. The second-order valence-corrected chi connectivity index (χ2v) is 9.70. The second kappa shape index (κ2) is 8.66.